The van der Waals surface area contributed by atoms with Gasteiger partial charge in [0.25, 0.3) is 0 Å². The third kappa shape index (κ3) is 15.7. The van der Waals surface area contributed by atoms with Crippen LogP contribution >= 0.6 is 0 Å². The number of nitrogens with zero attached hydrogens (tertiary/aromatic N) is 1. The molecule has 0 rings (SSSR count). The van der Waals surface area contributed by atoms with Crippen LogP contribution < -0.4 is 0 Å². The van der Waals surface area contributed by atoms with Crippen LogP contribution in [0.1, 0.15) is 41.0 Å². The van der Waals surface area contributed by atoms with Gasteiger partial charge in [0.05, 0.1) is 0 Å². The Bertz CT molecular complexity index is 97.3. The van der Waals surface area contributed by atoms with Crippen LogP contribution in [0.15, 0.2) is 16.8 Å². The molecule has 0 fully saturated rings. The van der Waals surface area contributed by atoms with Gasteiger partial charge in [-0.1, -0.05) is 26.3 Å². The van der Waals surface area contributed by atoms with Crippen LogP contribution in [0.4, 0.5) is 0 Å². The molecule has 1 heteroatoms. The van der Waals surface area contributed by atoms with E-state index in [2.05, 4.69) is 11.9 Å². The standard InChI is InChI=1S/C7H13N.C2H6/c1-4-5-8-6-7(2)3;1-2/h5-6H,4H2,1-3H3;1-2H3. The van der Waals surface area contributed by atoms with Crippen molar-refractivity contribution in [2.75, 3.05) is 0 Å². The fraction of sp³-hybridized carbons (Fsp3) is 0.667. The summed E-state index contributed by atoms with van der Waals surface area (Å²) >= 11 is 0. The summed E-state index contributed by atoms with van der Waals surface area (Å²) in [5.41, 5.74) is 1.25. The summed E-state index contributed by atoms with van der Waals surface area (Å²) in [7, 11) is 0. The smallest absolute Gasteiger partial charge is 0.0250 e. The van der Waals surface area contributed by atoms with Crippen LogP contribution in [-0.4, -0.2) is 6.21 Å². The molecule has 0 bridgehead atoms. The largest absolute Gasteiger partial charge is 0.269 e. The Labute approximate surface area is 64.9 Å². The maximum absolute atomic E-state index is 4.00. The molecule has 0 aromatic carbocycles. The first-order valence-electron chi connectivity index (χ1n) is 3.92. The lowest BCUT2D eigenvalue weighted by molar-refractivity contribution is 1.29. The predicted molar refractivity (Wildman–Crippen MR) is 49.6 cm³/mol. The first kappa shape index (κ1) is 12.1. The van der Waals surface area contributed by atoms with Gasteiger partial charge in [-0.05, 0) is 20.3 Å². The van der Waals surface area contributed by atoms with Gasteiger partial charge in [0, 0.05) is 12.4 Å². The Morgan fingerprint density at radius 2 is 1.80 bits per heavy atom. The second kappa shape index (κ2) is 11.2. The Morgan fingerprint density at radius 1 is 1.30 bits per heavy atom. The van der Waals surface area contributed by atoms with Crippen molar-refractivity contribution < 1.29 is 0 Å². The highest BCUT2D eigenvalue weighted by atomic mass is 14.7. The summed E-state index contributed by atoms with van der Waals surface area (Å²) in [4.78, 5) is 4.00. The minimum atomic E-state index is 1.02. The van der Waals surface area contributed by atoms with E-state index >= 15 is 0 Å². The lowest BCUT2D eigenvalue weighted by Gasteiger charge is -1.80. The lowest BCUT2D eigenvalue weighted by Crippen LogP contribution is -1.65. The summed E-state index contributed by atoms with van der Waals surface area (Å²) in [6.45, 7) is 10.1. The van der Waals surface area contributed by atoms with Crippen LogP contribution in [0, 0.1) is 0 Å². The van der Waals surface area contributed by atoms with Crippen molar-refractivity contribution in [3.8, 4) is 0 Å². The molecule has 0 saturated carbocycles. The average molecular weight is 141 g/mol. The van der Waals surface area contributed by atoms with Gasteiger partial charge >= 0.3 is 0 Å². The molecule has 0 aromatic heterocycles. The Hall–Kier alpha value is -0.590. The van der Waals surface area contributed by atoms with Crippen molar-refractivity contribution in [1.82, 2.24) is 0 Å². The van der Waals surface area contributed by atoms with Gasteiger partial charge in [-0.2, -0.15) is 0 Å². The molecule has 0 unspecified atom stereocenters. The molecule has 1 nitrogen and oxygen atoms in total. The van der Waals surface area contributed by atoms with Crippen LogP contribution in [0.5, 0.6) is 0 Å². The molecular formula is C9H19N. The van der Waals surface area contributed by atoms with Gasteiger partial charge < -0.3 is 0 Å². The highest BCUT2D eigenvalue weighted by molar-refractivity contribution is 5.57. The first-order valence-corrected chi connectivity index (χ1v) is 3.92. The topological polar surface area (TPSA) is 12.4 Å². The van der Waals surface area contributed by atoms with E-state index in [1.165, 1.54) is 5.57 Å². The fourth-order valence-corrected chi connectivity index (χ4v) is 0.307. The molecule has 0 heterocycles. The average Bonchev–Trinajstić information content (AvgIpc) is 1.92. The number of hydrogen-bond acceptors (Lipinski definition) is 1. The second-order valence-corrected chi connectivity index (χ2v) is 1.95. The van der Waals surface area contributed by atoms with E-state index in [1.54, 1.807) is 0 Å². The minimum absolute atomic E-state index is 1.02. The molecule has 0 aromatic rings. The SMILES string of the molecule is CC.CCC=NC=C(C)C. The molecule has 0 aliphatic heterocycles. The van der Waals surface area contributed by atoms with Crippen LogP contribution in [0.2, 0.25) is 0 Å². The molecule has 0 amide bonds. The Kier molecular flexibility index (Phi) is 13.6. The monoisotopic (exact) mass is 141 g/mol. The molecule has 0 aliphatic carbocycles. The number of rotatable bonds is 2. The molecule has 0 N–H and O–H groups in total. The van der Waals surface area contributed by atoms with Gasteiger partial charge in [0.15, 0.2) is 0 Å². The van der Waals surface area contributed by atoms with E-state index in [9.17, 15) is 0 Å². The number of aliphatic imine (C=N–C) groups is 1. The van der Waals surface area contributed by atoms with Gasteiger partial charge in [-0.15, -0.1) is 0 Å². The highest BCUT2D eigenvalue weighted by Gasteiger charge is 1.68. The number of allylic oxidation sites excluding steroid dienone is 1. The first-order chi connectivity index (χ1) is 4.77. The normalized spacial score (nSPS) is 8.50. The molecule has 0 aliphatic rings. The van der Waals surface area contributed by atoms with E-state index in [4.69, 9.17) is 0 Å². The van der Waals surface area contributed by atoms with Crippen LogP contribution in [0.3, 0.4) is 0 Å². The van der Waals surface area contributed by atoms with Gasteiger partial charge in [0.2, 0.25) is 0 Å². The third-order valence-electron chi connectivity index (χ3n) is 0.621. The van der Waals surface area contributed by atoms with E-state index < -0.39 is 0 Å². The molecular weight excluding hydrogens is 122 g/mol. The fourth-order valence-electron chi connectivity index (χ4n) is 0.307. The Morgan fingerprint density at radius 3 is 2.10 bits per heavy atom. The number of hydrogen-bond donors (Lipinski definition) is 0. The highest BCUT2D eigenvalue weighted by Crippen LogP contribution is 1.86. The zero-order valence-corrected chi connectivity index (χ0v) is 7.81. The third-order valence-corrected chi connectivity index (χ3v) is 0.621. The van der Waals surface area contributed by atoms with Crippen LogP contribution in [-0.2, 0) is 0 Å². The second-order valence-electron chi connectivity index (χ2n) is 1.95. The van der Waals surface area contributed by atoms with Crippen molar-refractivity contribution in [2.45, 2.75) is 41.0 Å². The summed E-state index contributed by atoms with van der Waals surface area (Å²) in [6.07, 6.45) is 4.78. The van der Waals surface area contributed by atoms with Crippen molar-refractivity contribution in [1.29, 1.82) is 0 Å². The van der Waals surface area contributed by atoms with E-state index in [0.29, 0.717) is 0 Å². The molecule has 0 spiro atoms. The molecule has 10 heavy (non-hydrogen) atoms. The van der Waals surface area contributed by atoms with Gasteiger partial charge in [-0.3, -0.25) is 4.99 Å². The van der Waals surface area contributed by atoms with E-state index in [0.717, 1.165) is 6.42 Å². The van der Waals surface area contributed by atoms with Gasteiger partial charge in [-0.25, -0.2) is 0 Å². The maximum Gasteiger partial charge on any atom is 0.0250 e. The molecule has 0 radical (unpaired) electrons. The van der Waals surface area contributed by atoms with Crippen molar-refractivity contribution in [2.24, 2.45) is 4.99 Å². The summed E-state index contributed by atoms with van der Waals surface area (Å²) in [5.74, 6) is 0. The Balaban J connectivity index is 0. The summed E-state index contributed by atoms with van der Waals surface area (Å²) in [6, 6.07) is 0. The van der Waals surface area contributed by atoms with E-state index in [1.807, 2.05) is 40.1 Å². The van der Waals surface area contributed by atoms with Crippen molar-refractivity contribution in [3.05, 3.63) is 11.8 Å². The lowest BCUT2D eigenvalue weighted by atomic mass is 10.4. The molecule has 0 atom stereocenters. The summed E-state index contributed by atoms with van der Waals surface area (Å²) < 4.78 is 0. The predicted octanol–water partition coefficient (Wildman–Crippen LogP) is 3.42. The maximum atomic E-state index is 4.00. The van der Waals surface area contributed by atoms with Crippen molar-refractivity contribution in [3.63, 3.8) is 0 Å². The zero-order chi connectivity index (χ0) is 8.41. The van der Waals surface area contributed by atoms with Crippen molar-refractivity contribution >= 4 is 6.21 Å². The molecule has 60 valence electrons. The van der Waals surface area contributed by atoms with Crippen LogP contribution in [0.25, 0.3) is 0 Å². The van der Waals surface area contributed by atoms with Gasteiger partial charge in [0.1, 0.15) is 0 Å². The quantitative estimate of drug-likeness (QED) is 0.522. The van der Waals surface area contributed by atoms with E-state index in [-0.39, 0.29) is 0 Å². The minimum Gasteiger partial charge on any atom is -0.269 e. The zero-order valence-electron chi connectivity index (χ0n) is 7.81. The summed E-state index contributed by atoms with van der Waals surface area (Å²) in [5, 5.41) is 0. The molecule has 0 saturated heterocycles.